The molecule has 0 bridgehead atoms. The van der Waals surface area contributed by atoms with E-state index in [1.807, 2.05) is 0 Å². The summed E-state index contributed by atoms with van der Waals surface area (Å²) in [4.78, 5) is 0.223. The van der Waals surface area contributed by atoms with E-state index in [1.165, 1.54) is 17.1 Å². The summed E-state index contributed by atoms with van der Waals surface area (Å²) >= 11 is 0. The summed E-state index contributed by atoms with van der Waals surface area (Å²) in [5.41, 5.74) is 0. The average Bonchev–Trinajstić information content (AvgIpc) is 2.76. The van der Waals surface area contributed by atoms with E-state index in [0.717, 1.165) is 25.7 Å². The predicted octanol–water partition coefficient (Wildman–Crippen LogP) is 1.08. The molecule has 0 amide bonds. The lowest BCUT2D eigenvalue weighted by Gasteiger charge is -2.19. The molecule has 1 aliphatic rings. The third-order valence-electron chi connectivity index (χ3n) is 3.96. The first-order valence-corrected chi connectivity index (χ1v) is 8.65. The molecule has 2 rings (SSSR count). The Morgan fingerprint density at radius 2 is 2.20 bits per heavy atom. The van der Waals surface area contributed by atoms with Crippen molar-refractivity contribution < 1.29 is 13.5 Å². The minimum atomic E-state index is -3.45. The molecule has 0 saturated carbocycles. The van der Waals surface area contributed by atoms with Gasteiger partial charge in [0.25, 0.3) is 0 Å². The molecule has 1 aromatic rings. The van der Waals surface area contributed by atoms with Crippen molar-refractivity contribution in [2.75, 3.05) is 19.7 Å². The van der Waals surface area contributed by atoms with E-state index in [-0.39, 0.29) is 11.5 Å². The Bertz CT molecular complexity index is 527. The molecule has 0 aromatic carbocycles. The molecule has 6 nitrogen and oxygen atoms in total. The fourth-order valence-electron chi connectivity index (χ4n) is 2.64. The van der Waals surface area contributed by atoms with Crippen molar-refractivity contribution in [3.8, 4) is 0 Å². The second kappa shape index (κ2) is 6.69. The first kappa shape index (κ1) is 15.5. The highest BCUT2D eigenvalue weighted by Crippen LogP contribution is 2.24. The van der Waals surface area contributed by atoms with Crippen LogP contribution in [0.3, 0.4) is 0 Å². The minimum absolute atomic E-state index is 0.0525. The monoisotopic (exact) mass is 301 g/mol. The van der Waals surface area contributed by atoms with E-state index < -0.39 is 10.0 Å². The largest absolute Gasteiger partial charge is 0.394 e. The molecule has 1 aliphatic heterocycles. The van der Waals surface area contributed by atoms with Gasteiger partial charge in [-0.25, -0.2) is 8.42 Å². The summed E-state index contributed by atoms with van der Waals surface area (Å²) in [5.74, 6) is 0.632. The molecule has 1 fully saturated rings. The van der Waals surface area contributed by atoms with Gasteiger partial charge in [-0.1, -0.05) is 13.3 Å². The van der Waals surface area contributed by atoms with E-state index in [4.69, 9.17) is 5.11 Å². The van der Waals surface area contributed by atoms with E-state index >= 15 is 0 Å². The van der Waals surface area contributed by atoms with Crippen LogP contribution in [0.4, 0.5) is 0 Å². The maximum absolute atomic E-state index is 12.6. The van der Waals surface area contributed by atoms with E-state index in [0.29, 0.717) is 25.6 Å². The number of nitrogens with zero attached hydrogens (tertiary/aromatic N) is 3. The Labute approximate surface area is 120 Å². The van der Waals surface area contributed by atoms with Crippen LogP contribution in [-0.2, 0) is 16.6 Å². The fraction of sp³-hybridized carbons (Fsp3) is 0.769. The van der Waals surface area contributed by atoms with Crippen molar-refractivity contribution in [3.05, 3.63) is 12.4 Å². The van der Waals surface area contributed by atoms with Crippen molar-refractivity contribution in [1.29, 1.82) is 0 Å². The van der Waals surface area contributed by atoms with Crippen LogP contribution >= 0.6 is 0 Å². The first-order valence-electron chi connectivity index (χ1n) is 7.21. The molecule has 114 valence electrons. The zero-order valence-electron chi connectivity index (χ0n) is 11.9. The van der Waals surface area contributed by atoms with Crippen LogP contribution in [0.25, 0.3) is 0 Å². The highest BCUT2D eigenvalue weighted by atomic mass is 32.2. The summed E-state index contributed by atoms with van der Waals surface area (Å²) in [6.07, 6.45) is 6.93. The maximum atomic E-state index is 12.6. The maximum Gasteiger partial charge on any atom is 0.246 e. The number of hydrogen-bond donors (Lipinski definition) is 1. The van der Waals surface area contributed by atoms with Crippen LogP contribution in [0.2, 0.25) is 0 Å². The molecule has 1 aromatic heterocycles. The van der Waals surface area contributed by atoms with Crippen LogP contribution in [0, 0.1) is 5.92 Å². The summed E-state index contributed by atoms with van der Waals surface area (Å²) in [5, 5.41) is 12.8. The van der Waals surface area contributed by atoms with Gasteiger partial charge in [-0.3, -0.25) is 4.68 Å². The zero-order chi connectivity index (χ0) is 14.6. The van der Waals surface area contributed by atoms with Crippen molar-refractivity contribution in [2.45, 2.75) is 44.0 Å². The Kier molecular flexibility index (Phi) is 5.17. The molecular weight excluding hydrogens is 278 g/mol. The van der Waals surface area contributed by atoms with E-state index in [2.05, 4.69) is 12.0 Å². The predicted molar refractivity (Wildman–Crippen MR) is 75.7 cm³/mol. The van der Waals surface area contributed by atoms with Crippen LogP contribution in [0.15, 0.2) is 17.3 Å². The van der Waals surface area contributed by atoms with Gasteiger partial charge in [-0.05, 0) is 25.2 Å². The summed E-state index contributed by atoms with van der Waals surface area (Å²) in [6.45, 7) is 3.60. The number of sulfonamides is 1. The van der Waals surface area contributed by atoms with Gasteiger partial charge in [0.15, 0.2) is 0 Å². The quantitative estimate of drug-likeness (QED) is 0.883. The molecule has 2 heterocycles. The van der Waals surface area contributed by atoms with Gasteiger partial charge in [-0.2, -0.15) is 9.40 Å². The standard InChI is InChI=1S/C13H23N3O3S/c1-2-12-4-3-6-16(7-5-12)20(18,19)13-10-14-15(11-13)8-9-17/h10-12,17H,2-9H2,1H3. The Hall–Kier alpha value is -0.920. The molecule has 0 aliphatic carbocycles. The molecule has 1 unspecified atom stereocenters. The Morgan fingerprint density at radius 3 is 2.90 bits per heavy atom. The average molecular weight is 301 g/mol. The third kappa shape index (κ3) is 3.39. The third-order valence-corrected chi connectivity index (χ3v) is 5.81. The fourth-order valence-corrected chi connectivity index (χ4v) is 4.09. The highest BCUT2D eigenvalue weighted by molar-refractivity contribution is 7.89. The smallest absolute Gasteiger partial charge is 0.246 e. The van der Waals surface area contributed by atoms with Crippen molar-refractivity contribution in [1.82, 2.24) is 14.1 Å². The molecule has 20 heavy (non-hydrogen) atoms. The van der Waals surface area contributed by atoms with Gasteiger partial charge in [0, 0.05) is 19.3 Å². The molecule has 1 atom stereocenters. The van der Waals surface area contributed by atoms with E-state index in [1.54, 1.807) is 4.31 Å². The van der Waals surface area contributed by atoms with Crippen LogP contribution in [0.1, 0.15) is 32.6 Å². The highest BCUT2D eigenvalue weighted by Gasteiger charge is 2.28. The SMILES string of the molecule is CCC1CCCN(S(=O)(=O)c2cnn(CCO)c2)CC1. The van der Waals surface area contributed by atoms with Crippen LogP contribution in [-0.4, -0.2) is 47.3 Å². The van der Waals surface area contributed by atoms with Gasteiger partial charge >= 0.3 is 0 Å². The van der Waals surface area contributed by atoms with Crippen molar-refractivity contribution in [3.63, 3.8) is 0 Å². The number of aromatic nitrogens is 2. The molecule has 1 N–H and O–H groups in total. The van der Waals surface area contributed by atoms with Crippen LogP contribution < -0.4 is 0 Å². The molecular formula is C13H23N3O3S. The van der Waals surface area contributed by atoms with Crippen LogP contribution in [0.5, 0.6) is 0 Å². The lowest BCUT2D eigenvalue weighted by molar-refractivity contribution is 0.269. The lowest BCUT2D eigenvalue weighted by atomic mass is 9.98. The summed E-state index contributed by atoms with van der Waals surface area (Å²) in [6, 6.07) is 0. The number of hydrogen-bond acceptors (Lipinski definition) is 4. The number of aliphatic hydroxyl groups is 1. The number of aliphatic hydroxyl groups excluding tert-OH is 1. The van der Waals surface area contributed by atoms with Gasteiger partial charge < -0.3 is 5.11 Å². The molecule has 0 spiro atoms. The van der Waals surface area contributed by atoms with Crippen molar-refractivity contribution in [2.24, 2.45) is 5.92 Å². The summed E-state index contributed by atoms with van der Waals surface area (Å²) in [7, 11) is -3.45. The first-order chi connectivity index (χ1) is 9.57. The zero-order valence-corrected chi connectivity index (χ0v) is 12.7. The second-order valence-electron chi connectivity index (χ2n) is 5.27. The Balaban J connectivity index is 2.12. The van der Waals surface area contributed by atoms with Crippen molar-refractivity contribution >= 4 is 10.0 Å². The van der Waals surface area contributed by atoms with Gasteiger partial charge in [-0.15, -0.1) is 0 Å². The molecule has 0 radical (unpaired) electrons. The van der Waals surface area contributed by atoms with Gasteiger partial charge in [0.2, 0.25) is 10.0 Å². The van der Waals surface area contributed by atoms with E-state index in [9.17, 15) is 8.42 Å². The normalized spacial score (nSPS) is 21.8. The summed E-state index contributed by atoms with van der Waals surface area (Å²) < 4.78 is 28.2. The Morgan fingerprint density at radius 1 is 1.40 bits per heavy atom. The number of rotatable bonds is 5. The minimum Gasteiger partial charge on any atom is -0.394 e. The van der Waals surface area contributed by atoms with Gasteiger partial charge in [0.05, 0.1) is 19.3 Å². The molecule has 1 saturated heterocycles. The molecule has 7 heteroatoms. The second-order valence-corrected chi connectivity index (χ2v) is 7.21. The lowest BCUT2D eigenvalue weighted by Crippen LogP contribution is -2.32. The topological polar surface area (TPSA) is 75.4 Å². The van der Waals surface area contributed by atoms with Gasteiger partial charge in [0.1, 0.15) is 4.90 Å².